The van der Waals surface area contributed by atoms with Gasteiger partial charge in [-0.15, -0.1) is 0 Å². The normalized spacial score (nSPS) is 12.1. The fourth-order valence-corrected chi connectivity index (χ4v) is 1.22. The Balaban J connectivity index is 2.53. The molecule has 0 amide bonds. The number of carboxylic acid groups (broad SMARTS) is 1. The average molecular weight is 226 g/mol. The molecule has 0 aromatic carbocycles. The largest absolute Gasteiger partial charge is 0.477 e. The van der Waals surface area contributed by atoms with Crippen LogP contribution in [0, 0.1) is 0 Å². The summed E-state index contributed by atoms with van der Waals surface area (Å²) < 4.78 is 0. The molecule has 1 aromatic rings. The van der Waals surface area contributed by atoms with E-state index in [1.165, 1.54) is 12.3 Å². The lowest BCUT2D eigenvalue weighted by atomic mass is 10.3. The van der Waals surface area contributed by atoms with Crippen LogP contribution in [0.15, 0.2) is 18.3 Å². The van der Waals surface area contributed by atoms with E-state index < -0.39 is 5.97 Å². The first-order valence-electron chi connectivity index (χ1n) is 4.59. The lowest BCUT2D eigenvalue weighted by Crippen LogP contribution is -2.13. The molecular weight excluding hydrogens is 212 g/mol. The molecule has 0 radical (unpaired) electrons. The molecule has 0 saturated carbocycles. The lowest BCUT2D eigenvalue weighted by Gasteiger charge is -2.10. The molecule has 2 N–H and O–H groups in total. The van der Waals surface area contributed by atoms with Crippen molar-refractivity contribution in [2.45, 2.75) is 12.2 Å². The van der Waals surface area contributed by atoms with Crippen LogP contribution in [0.25, 0.3) is 0 Å². The highest BCUT2D eigenvalue weighted by molar-refractivity contribution is 7.99. The number of anilines is 1. The van der Waals surface area contributed by atoms with Crippen LogP contribution in [-0.2, 0) is 0 Å². The number of hydrogen-bond donors (Lipinski definition) is 2. The van der Waals surface area contributed by atoms with Crippen LogP contribution < -0.4 is 5.32 Å². The third kappa shape index (κ3) is 3.79. The molecule has 1 unspecified atom stereocenters. The van der Waals surface area contributed by atoms with Crippen molar-refractivity contribution in [1.29, 1.82) is 0 Å². The first-order valence-corrected chi connectivity index (χ1v) is 5.88. The minimum atomic E-state index is -1.00. The minimum absolute atomic E-state index is 0.0680. The van der Waals surface area contributed by atoms with E-state index in [-0.39, 0.29) is 5.69 Å². The van der Waals surface area contributed by atoms with Crippen LogP contribution in [0.2, 0.25) is 0 Å². The zero-order valence-corrected chi connectivity index (χ0v) is 9.54. The van der Waals surface area contributed by atoms with E-state index in [9.17, 15) is 4.79 Å². The fourth-order valence-electron chi connectivity index (χ4n) is 0.970. The number of nitrogens with zero attached hydrogens (tertiary/aromatic N) is 1. The van der Waals surface area contributed by atoms with Gasteiger partial charge in [0, 0.05) is 11.8 Å². The summed E-state index contributed by atoms with van der Waals surface area (Å²) >= 11 is 1.78. The Hall–Kier alpha value is -1.23. The summed E-state index contributed by atoms with van der Waals surface area (Å²) in [5, 5.41) is 12.3. The number of thioether (sulfide) groups is 1. The van der Waals surface area contributed by atoms with E-state index in [0.29, 0.717) is 5.25 Å². The van der Waals surface area contributed by atoms with E-state index in [4.69, 9.17) is 5.11 Å². The van der Waals surface area contributed by atoms with Crippen LogP contribution in [0.3, 0.4) is 0 Å². The monoisotopic (exact) mass is 226 g/mol. The Bertz CT molecular complexity index is 327. The third-order valence-corrected chi connectivity index (χ3v) is 2.95. The number of carbonyl (C=O) groups is 1. The molecular formula is C10H14N2O2S. The number of nitrogens with one attached hydrogen (secondary N) is 1. The minimum Gasteiger partial charge on any atom is -0.477 e. The zero-order valence-electron chi connectivity index (χ0n) is 8.73. The van der Waals surface area contributed by atoms with E-state index in [0.717, 1.165) is 12.2 Å². The fraction of sp³-hybridized carbons (Fsp3) is 0.400. The van der Waals surface area contributed by atoms with E-state index in [1.807, 2.05) is 0 Å². The Labute approximate surface area is 93.1 Å². The molecule has 1 atom stereocenters. The maximum Gasteiger partial charge on any atom is 0.354 e. The highest BCUT2D eigenvalue weighted by Crippen LogP contribution is 2.09. The Morgan fingerprint density at radius 2 is 2.40 bits per heavy atom. The van der Waals surface area contributed by atoms with Crippen molar-refractivity contribution in [3.63, 3.8) is 0 Å². The van der Waals surface area contributed by atoms with Gasteiger partial charge in [0.05, 0.1) is 11.9 Å². The van der Waals surface area contributed by atoms with Crippen LogP contribution in [0.5, 0.6) is 0 Å². The van der Waals surface area contributed by atoms with E-state index >= 15 is 0 Å². The van der Waals surface area contributed by atoms with Crippen molar-refractivity contribution in [1.82, 2.24) is 4.98 Å². The summed E-state index contributed by atoms with van der Waals surface area (Å²) in [7, 11) is 0. The van der Waals surface area contributed by atoms with Crippen LogP contribution in [-0.4, -0.2) is 34.1 Å². The standard InChI is InChI=1S/C10H14N2O2S/c1-7(15-2)5-11-8-3-4-9(10(13)14)12-6-8/h3-4,6-7,11H,5H2,1-2H3,(H,13,14). The molecule has 1 rings (SSSR count). The highest BCUT2D eigenvalue weighted by atomic mass is 32.2. The van der Waals surface area contributed by atoms with Crippen LogP contribution >= 0.6 is 11.8 Å². The van der Waals surface area contributed by atoms with Crippen LogP contribution in [0.1, 0.15) is 17.4 Å². The molecule has 0 spiro atoms. The Morgan fingerprint density at radius 3 is 2.87 bits per heavy atom. The van der Waals surface area contributed by atoms with Crippen molar-refractivity contribution in [3.05, 3.63) is 24.0 Å². The molecule has 0 aliphatic rings. The molecule has 5 heteroatoms. The van der Waals surface area contributed by atoms with Gasteiger partial charge in [-0.2, -0.15) is 11.8 Å². The van der Waals surface area contributed by atoms with Crippen LogP contribution in [0.4, 0.5) is 5.69 Å². The maximum atomic E-state index is 10.5. The molecule has 1 heterocycles. The summed E-state index contributed by atoms with van der Waals surface area (Å²) in [6, 6.07) is 3.22. The molecule has 0 aliphatic heterocycles. The first kappa shape index (κ1) is 11.8. The maximum absolute atomic E-state index is 10.5. The van der Waals surface area contributed by atoms with Gasteiger partial charge < -0.3 is 10.4 Å². The molecule has 0 fully saturated rings. The van der Waals surface area contributed by atoms with Crippen molar-refractivity contribution < 1.29 is 9.90 Å². The van der Waals surface area contributed by atoms with Crippen molar-refractivity contribution in [2.24, 2.45) is 0 Å². The SMILES string of the molecule is CSC(C)CNc1ccc(C(=O)O)nc1. The first-order chi connectivity index (χ1) is 7.13. The number of carboxylic acids is 1. The number of pyridine rings is 1. The average Bonchev–Trinajstić information content (AvgIpc) is 2.26. The van der Waals surface area contributed by atoms with Gasteiger partial charge in [-0.3, -0.25) is 0 Å². The van der Waals surface area contributed by atoms with Crippen molar-refractivity contribution in [2.75, 3.05) is 18.1 Å². The second-order valence-electron chi connectivity index (χ2n) is 3.16. The molecule has 0 aliphatic carbocycles. The zero-order chi connectivity index (χ0) is 11.3. The Morgan fingerprint density at radius 1 is 1.67 bits per heavy atom. The van der Waals surface area contributed by atoms with Gasteiger partial charge >= 0.3 is 5.97 Å². The van der Waals surface area contributed by atoms with Gasteiger partial charge in [-0.25, -0.2) is 9.78 Å². The summed E-state index contributed by atoms with van der Waals surface area (Å²) in [6.07, 6.45) is 3.59. The van der Waals surface area contributed by atoms with Gasteiger partial charge in [0.2, 0.25) is 0 Å². The molecule has 82 valence electrons. The molecule has 15 heavy (non-hydrogen) atoms. The quantitative estimate of drug-likeness (QED) is 0.803. The van der Waals surface area contributed by atoms with Crippen molar-refractivity contribution >= 4 is 23.4 Å². The second kappa shape index (κ2) is 5.60. The summed E-state index contributed by atoms with van der Waals surface area (Å²) in [5.41, 5.74) is 0.916. The number of hydrogen-bond acceptors (Lipinski definition) is 4. The summed E-state index contributed by atoms with van der Waals surface area (Å²) in [4.78, 5) is 14.4. The van der Waals surface area contributed by atoms with Gasteiger partial charge in [0.1, 0.15) is 5.69 Å². The number of aromatic nitrogens is 1. The van der Waals surface area contributed by atoms with E-state index in [2.05, 4.69) is 23.5 Å². The smallest absolute Gasteiger partial charge is 0.354 e. The second-order valence-corrected chi connectivity index (χ2v) is 4.44. The van der Waals surface area contributed by atoms with Gasteiger partial charge in [-0.05, 0) is 18.4 Å². The summed E-state index contributed by atoms with van der Waals surface area (Å²) in [6.45, 7) is 2.96. The van der Waals surface area contributed by atoms with Gasteiger partial charge in [0.15, 0.2) is 0 Å². The number of rotatable bonds is 5. The molecule has 0 saturated heterocycles. The van der Waals surface area contributed by atoms with Gasteiger partial charge in [0.25, 0.3) is 0 Å². The third-order valence-electron chi connectivity index (χ3n) is 1.98. The predicted molar refractivity (Wildman–Crippen MR) is 62.7 cm³/mol. The predicted octanol–water partition coefficient (Wildman–Crippen LogP) is 1.94. The highest BCUT2D eigenvalue weighted by Gasteiger charge is 2.04. The van der Waals surface area contributed by atoms with Gasteiger partial charge in [-0.1, -0.05) is 6.92 Å². The van der Waals surface area contributed by atoms with Crippen molar-refractivity contribution in [3.8, 4) is 0 Å². The molecule has 1 aromatic heterocycles. The summed E-state index contributed by atoms with van der Waals surface area (Å²) in [5.74, 6) is -1.00. The van der Waals surface area contributed by atoms with E-state index in [1.54, 1.807) is 17.8 Å². The lowest BCUT2D eigenvalue weighted by molar-refractivity contribution is 0.0690. The topological polar surface area (TPSA) is 62.2 Å². The molecule has 4 nitrogen and oxygen atoms in total. The Kier molecular flexibility index (Phi) is 4.42. The number of aromatic carboxylic acids is 1. The molecule has 0 bridgehead atoms.